The van der Waals surface area contributed by atoms with E-state index in [2.05, 4.69) is 0 Å². The molecule has 0 radical (unpaired) electrons. The molecule has 1 N–H and O–H groups in total. The quantitative estimate of drug-likeness (QED) is 0.826. The predicted octanol–water partition coefficient (Wildman–Crippen LogP) is 2.72. The van der Waals surface area contributed by atoms with Gasteiger partial charge in [-0.15, -0.1) is 0 Å². The van der Waals surface area contributed by atoms with Gasteiger partial charge in [-0.1, -0.05) is 0 Å². The van der Waals surface area contributed by atoms with E-state index in [1.54, 1.807) is 12.1 Å². The summed E-state index contributed by atoms with van der Waals surface area (Å²) in [5.74, 6) is -1.03. The number of furan rings is 1. The van der Waals surface area contributed by atoms with Gasteiger partial charge in [0, 0.05) is 5.56 Å². The third-order valence-corrected chi connectivity index (χ3v) is 2.02. The van der Waals surface area contributed by atoms with Crippen molar-refractivity contribution in [3.05, 3.63) is 47.7 Å². The molecule has 78 valence electrons. The van der Waals surface area contributed by atoms with Crippen LogP contribution >= 0.6 is 0 Å². The van der Waals surface area contributed by atoms with Crippen molar-refractivity contribution >= 4 is 0 Å². The van der Waals surface area contributed by atoms with Gasteiger partial charge >= 0.3 is 0 Å². The SMILES string of the molecule is OCc1ccc(-c2ccc(F)c(F)c2)o1. The topological polar surface area (TPSA) is 33.4 Å². The van der Waals surface area contributed by atoms with Crippen LogP contribution in [0.1, 0.15) is 5.76 Å². The molecule has 0 bridgehead atoms. The molecule has 0 saturated heterocycles. The molecule has 0 saturated carbocycles. The summed E-state index contributed by atoms with van der Waals surface area (Å²) in [5, 5.41) is 8.77. The number of hydrogen-bond acceptors (Lipinski definition) is 2. The Labute approximate surface area is 84.8 Å². The number of rotatable bonds is 2. The molecule has 4 heteroatoms. The molecular formula is C11H8F2O2. The normalized spacial score (nSPS) is 10.6. The third kappa shape index (κ3) is 1.89. The van der Waals surface area contributed by atoms with Crippen molar-refractivity contribution in [2.45, 2.75) is 6.61 Å². The molecule has 0 fully saturated rings. The standard InChI is InChI=1S/C11H8F2O2/c12-9-3-1-7(5-10(9)13)11-4-2-8(6-14)15-11/h1-5,14H,6H2. The Morgan fingerprint density at radius 1 is 1.07 bits per heavy atom. The van der Waals surface area contributed by atoms with Crippen LogP contribution in [0, 0.1) is 11.6 Å². The summed E-state index contributed by atoms with van der Waals surface area (Å²) in [6, 6.07) is 6.67. The highest BCUT2D eigenvalue weighted by atomic mass is 19.2. The minimum atomic E-state index is -0.922. The van der Waals surface area contributed by atoms with Gasteiger partial charge in [0.2, 0.25) is 0 Å². The molecule has 1 aromatic heterocycles. The first-order chi connectivity index (χ1) is 7.20. The van der Waals surface area contributed by atoms with Crippen LogP contribution in [0.3, 0.4) is 0 Å². The van der Waals surface area contributed by atoms with Crippen molar-refractivity contribution in [1.82, 2.24) is 0 Å². The van der Waals surface area contributed by atoms with Gasteiger partial charge < -0.3 is 9.52 Å². The number of benzene rings is 1. The van der Waals surface area contributed by atoms with Gasteiger partial charge in [0.25, 0.3) is 0 Å². The zero-order valence-corrected chi connectivity index (χ0v) is 7.71. The molecular weight excluding hydrogens is 202 g/mol. The monoisotopic (exact) mass is 210 g/mol. The Morgan fingerprint density at radius 3 is 2.47 bits per heavy atom. The summed E-state index contributed by atoms with van der Waals surface area (Å²) < 4.78 is 30.7. The van der Waals surface area contributed by atoms with Gasteiger partial charge in [-0.05, 0) is 30.3 Å². The molecule has 1 heterocycles. The molecule has 0 aliphatic carbocycles. The van der Waals surface area contributed by atoms with Gasteiger partial charge in [0.05, 0.1) is 0 Å². The highest BCUT2D eigenvalue weighted by molar-refractivity contribution is 5.57. The Hall–Kier alpha value is -1.68. The molecule has 0 atom stereocenters. The fourth-order valence-electron chi connectivity index (χ4n) is 1.27. The molecule has 1 aromatic carbocycles. The Kier molecular flexibility index (Phi) is 2.51. The second-order valence-corrected chi connectivity index (χ2v) is 3.05. The van der Waals surface area contributed by atoms with E-state index in [9.17, 15) is 8.78 Å². The van der Waals surface area contributed by atoms with E-state index >= 15 is 0 Å². The Morgan fingerprint density at radius 2 is 1.87 bits per heavy atom. The van der Waals surface area contributed by atoms with E-state index in [-0.39, 0.29) is 6.61 Å². The molecule has 2 nitrogen and oxygen atoms in total. The number of hydrogen-bond donors (Lipinski definition) is 1. The minimum Gasteiger partial charge on any atom is -0.459 e. The lowest BCUT2D eigenvalue weighted by Gasteiger charge is -1.98. The fraction of sp³-hybridized carbons (Fsp3) is 0.0909. The highest BCUT2D eigenvalue weighted by Crippen LogP contribution is 2.23. The maximum atomic E-state index is 12.9. The summed E-state index contributed by atoms with van der Waals surface area (Å²) in [7, 11) is 0. The van der Waals surface area contributed by atoms with E-state index in [0.717, 1.165) is 12.1 Å². The molecule has 0 aliphatic rings. The summed E-state index contributed by atoms with van der Waals surface area (Å²) >= 11 is 0. The van der Waals surface area contributed by atoms with Crippen molar-refractivity contribution in [3.63, 3.8) is 0 Å². The zero-order valence-electron chi connectivity index (χ0n) is 7.71. The molecule has 15 heavy (non-hydrogen) atoms. The zero-order chi connectivity index (χ0) is 10.8. The number of halogens is 2. The van der Waals surface area contributed by atoms with E-state index in [4.69, 9.17) is 9.52 Å². The number of aliphatic hydroxyl groups is 1. The van der Waals surface area contributed by atoms with E-state index in [1.165, 1.54) is 6.07 Å². The third-order valence-electron chi connectivity index (χ3n) is 2.02. The first-order valence-electron chi connectivity index (χ1n) is 4.35. The lowest BCUT2D eigenvalue weighted by atomic mass is 10.1. The van der Waals surface area contributed by atoms with Crippen LogP contribution in [0.5, 0.6) is 0 Å². The van der Waals surface area contributed by atoms with Gasteiger partial charge in [-0.25, -0.2) is 8.78 Å². The maximum absolute atomic E-state index is 12.9. The molecule has 2 rings (SSSR count). The van der Waals surface area contributed by atoms with E-state index in [1.807, 2.05) is 0 Å². The summed E-state index contributed by atoms with van der Waals surface area (Å²) in [4.78, 5) is 0. The average molecular weight is 210 g/mol. The molecule has 0 spiro atoms. The second kappa shape index (κ2) is 3.82. The van der Waals surface area contributed by atoms with Crippen molar-refractivity contribution in [2.75, 3.05) is 0 Å². The fourth-order valence-corrected chi connectivity index (χ4v) is 1.27. The highest BCUT2D eigenvalue weighted by Gasteiger charge is 2.07. The Bertz CT molecular complexity index is 477. The van der Waals surface area contributed by atoms with Crippen molar-refractivity contribution in [3.8, 4) is 11.3 Å². The van der Waals surface area contributed by atoms with Crippen molar-refractivity contribution in [1.29, 1.82) is 0 Å². The van der Waals surface area contributed by atoms with Gasteiger partial charge in [0.1, 0.15) is 18.1 Å². The van der Waals surface area contributed by atoms with Crippen LogP contribution in [-0.2, 0) is 6.61 Å². The lowest BCUT2D eigenvalue weighted by Crippen LogP contribution is -1.84. The maximum Gasteiger partial charge on any atom is 0.159 e. The summed E-state index contributed by atoms with van der Waals surface area (Å²) in [6.07, 6.45) is 0. The van der Waals surface area contributed by atoms with Crippen LogP contribution in [0.4, 0.5) is 8.78 Å². The van der Waals surface area contributed by atoms with Gasteiger partial charge in [-0.3, -0.25) is 0 Å². The second-order valence-electron chi connectivity index (χ2n) is 3.05. The van der Waals surface area contributed by atoms with Crippen molar-refractivity contribution in [2.24, 2.45) is 0 Å². The smallest absolute Gasteiger partial charge is 0.159 e. The first kappa shape index (κ1) is 9.86. The predicted molar refractivity (Wildman–Crippen MR) is 50.0 cm³/mol. The average Bonchev–Trinajstić information content (AvgIpc) is 2.70. The number of aliphatic hydroxyl groups excluding tert-OH is 1. The van der Waals surface area contributed by atoms with Crippen LogP contribution < -0.4 is 0 Å². The lowest BCUT2D eigenvalue weighted by molar-refractivity contribution is 0.248. The first-order valence-corrected chi connectivity index (χ1v) is 4.35. The van der Waals surface area contributed by atoms with Gasteiger partial charge in [-0.2, -0.15) is 0 Å². The summed E-state index contributed by atoms with van der Waals surface area (Å²) in [5.41, 5.74) is 0.439. The van der Waals surface area contributed by atoms with Crippen LogP contribution in [0.15, 0.2) is 34.7 Å². The van der Waals surface area contributed by atoms with Crippen molar-refractivity contribution < 1.29 is 18.3 Å². The summed E-state index contributed by atoms with van der Waals surface area (Å²) in [6.45, 7) is -0.219. The molecule has 0 aliphatic heterocycles. The Balaban J connectivity index is 2.40. The minimum absolute atomic E-state index is 0.219. The molecule has 0 amide bonds. The van der Waals surface area contributed by atoms with Gasteiger partial charge in [0.15, 0.2) is 11.6 Å². The largest absolute Gasteiger partial charge is 0.459 e. The van der Waals surface area contributed by atoms with E-state index < -0.39 is 11.6 Å². The van der Waals surface area contributed by atoms with Crippen LogP contribution in [0.2, 0.25) is 0 Å². The van der Waals surface area contributed by atoms with Crippen LogP contribution in [0.25, 0.3) is 11.3 Å². The van der Waals surface area contributed by atoms with E-state index in [0.29, 0.717) is 17.1 Å². The molecule has 2 aromatic rings. The van der Waals surface area contributed by atoms with Crippen LogP contribution in [-0.4, -0.2) is 5.11 Å². The molecule has 0 unspecified atom stereocenters.